The van der Waals surface area contributed by atoms with Crippen LogP contribution in [0.3, 0.4) is 0 Å². The van der Waals surface area contributed by atoms with Crippen molar-refractivity contribution in [3.63, 3.8) is 0 Å². The highest BCUT2D eigenvalue weighted by atomic mass is 79.9. The summed E-state index contributed by atoms with van der Waals surface area (Å²) in [6, 6.07) is 13.7. The van der Waals surface area contributed by atoms with E-state index in [1.807, 2.05) is 0 Å². The van der Waals surface area contributed by atoms with Gasteiger partial charge in [0.25, 0.3) is 0 Å². The predicted molar refractivity (Wildman–Crippen MR) is 84.7 cm³/mol. The molecule has 0 saturated carbocycles. The highest BCUT2D eigenvalue weighted by Crippen LogP contribution is 2.35. The number of nitrogens with one attached hydrogen (secondary N) is 1. The van der Waals surface area contributed by atoms with Crippen molar-refractivity contribution < 1.29 is 0 Å². The number of hydrogen-bond donors (Lipinski definition) is 1. The summed E-state index contributed by atoms with van der Waals surface area (Å²) in [6.45, 7) is 4.32. The molecule has 2 aromatic rings. The average Bonchev–Trinajstić information content (AvgIpc) is 2.77. The lowest BCUT2D eigenvalue weighted by Crippen LogP contribution is -2.08. The van der Waals surface area contributed by atoms with Gasteiger partial charge in [-0.05, 0) is 55.5 Å². The van der Waals surface area contributed by atoms with Crippen LogP contribution >= 0.6 is 15.9 Å². The number of anilines is 1. The molecule has 0 bridgehead atoms. The minimum absolute atomic E-state index is 0.447. The molecule has 0 radical (unpaired) electrons. The molecule has 1 N–H and O–H groups in total. The van der Waals surface area contributed by atoms with Gasteiger partial charge in [0, 0.05) is 10.2 Å². The first-order valence-corrected chi connectivity index (χ1v) is 7.55. The minimum Gasteiger partial charge on any atom is -0.378 e. The maximum Gasteiger partial charge on any atom is 0.0519 e. The molecular formula is C17H18BrN. The summed E-state index contributed by atoms with van der Waals surface area (Å²) in [5.41, 5.74) is 6.84. The number of fused-ring (bicyclic) bond motifs is 1. The van der Waals surface area contributed by atoms with Gasteiger partial charge < -0.3 is 5.32 Å². The van der Waals surface area contributed by atoms with Gasteiger partial charge in [0.05, 0.1) is 6.04 Å². The molecule has 0 aliphatic heterocycles. The van der Waals surface area contributed by atoms with Gasteiger partial charge in [-0.1, -0.05) is 45.8 Å². The van der Waals surface area contributed by atoms with Crippen LogP contribution in [0.5, 0.6) is 0 Å². The van der Waals surface area contributed by atoms with E-state index in [0.29, 0.717) is 6.04 Å². The fraction of sp³-hybridized carbons (Fsp3) is 0.294. The molecule has 0 heterocycles. The van der Waals surface area contributed by atoms with Crippen molar-refractivity contribution in [1.29, 1.82) is 0 Å². The van der Waals surface area contributed by atoms with Gasteiger partial charge in [0.1, 0.15) is 0 Å². The standard InChI is InChI=1S/C17H18BrN/c1-11-3-5-13-6-8-16(15(13)9-11)19-17-10-14(18)7-4-12(17)2/h3-5,7,9-10,16,19H,6,8H2,1-2H3. The molecule has 3 rings (SSSR count). The highest BCUT2D eigenvalue weighted by Gasteiger charge is 2.22. The van der Waals surface area contributed by atoms with E-state index in [4.69, 9.17) is 0 Å². The van der Waals surface area contributed by atoms with Gasteiger partial charge >= 0.3 is 0 Å². The molecule has 1 aliphatic carbocycles. The van der Waals surface area contributed by atoms with Crippen molar-refractivity contribution in [2.24, 2.45) is 0 Å². The van der Waals surface area contributed by atoms with Gasteiger partial charge in [-0.25, -0.2) is 0 Å². The number of hydrogen-bond acceptors (Lipinski definition) is 1. The van der Waals surface area contributed by atoms with E-state index >= 15 is 0 Å². The third-order valence-corrected chi connectivity index (χ3v) is 4.40. The second-order valence-corrected chi connectivity index (χ2v) is 6.31. The summed E-state index contributed by atoms with van der Waals surface area (Å²) in [4.78, 5) is 0. The third-order valence-electron chi connectivity index (χ3n) is 3.91. The van der Waals surface area contributed by atoms with Crippen LogP contribution in [0.4, 0.5) is 5.69 Å². The van der Waals surface area contributed by atoms with Gasteiger partial charge in [0.2, 0.25) is 0 Å². The van der Waals surface area contributed by atoms with Crippen LogP contribution in [-0.2, 0) is 6.42 Å². The van der Waals surface area contributed by atoms with Crippen LogP contribution in [0, 0.1) is 13.8 Å². The molecule has 1 aliphatic rings. The average molecular weight is 316 g/mol. The topological polar surface area (TPSA) is 12.0 Å². The fourth-order valence-electron chi connectivity index (χ4n) is 2.81. The van der Waals surface area contributed by atoms with Crippen LogP contribution in [-0.4, -0.2) is 0 Å². The summed E-state index contributed by atoms with van der Waals surface area (Å²) >= 11 is 3.55. The Morgan fingerprint density at radius 1 is 1.11 bits per heavy atom. The molecular weight excluding hydrogens is 298 g/mol. The molecule has 19 heavy (non-hydrogen) atoms. The Bertz CT molecular complexity index is 619. The maximum atomic E-state index is 3.70. The number of aryl methyl sites for hydroxylation is 3. The normalized spacial score (nSPS) is 17.3. The van der Waals surface area contributed by atoms with Gasteiger partial charge in [-0.2, -0.15) is 0 Å². The van der Waals surface area contributed by atoms with E-state index < -0.39 is 0 Å². The van der Waals surface area contributed by atoms with Gasteiger partial charge in [-0.15, -0.1) is 0 Å². The van der Waals surface area contributed by atoms with Crippen LogP contribution in [0.15, 0.2) is 40.9 Å². The molecule has 98 valence electrons. The second kappa shape index (κ2) is 5.01. The number of benzene rings is 2. The molecule has 1 nitrogen and oxygen atoms in total. The quantitative estimate of drug-likeness (QED) is 0.806. The molecule has 0 aromatic heterocycles. The zero-order valence-corrected chi connectivity index (χ0v) is 12.9. The van der Waals surface area contributed by atoms with Crippen LogP contribution in [0.25, 0.3) is 0 Å². The van der Waals surface area contributed by atoms with Crippen molar-refractivity contribution in [3.05, 3.63) is 63.1 Å². The predicted octanol–water partition coefficient (Wildman–Crippen LogP) is 5.17. The Balaban J connectivity index is 1.90. The molecule has 0 spiro atoms. The third kappa shape index (κ3) is 2.55. The molecule has 1 atom stereocenters. The Kier molecular flexibility index (Phi) is 3.36. The van der Waals surface area contributed by atoms with Crippen LogP contribution < -0.4 is 5.32 Å². The van der Waals surface area contributed by atoms with Crippen molar-refractivity contribution in [2.75, 3.05) is 5.32 Å². The van der Waals surface area contributed by atoms with Crippen LogP contribution in [0.1, 0.15) is 34.7 Å². The Morgan fingerprint density at radius 3 is 2.79 bits per heavy atom. The Hall–Kier alpha value is -1.28. The first kappa shape index (κ1) is 12.7. The van der Waals surface area contributed by atoms with Crippen molar-refractivity contribution >= 4 is 21.6 Å². The summed E-state index contributed by atoms with van der Waals surface area (Å²) in [6.07, 6.45) is 2.37. The summed E-state index contributed by atoms with van der Waals surface area (Å²) < 4.78 is 1.13. The molecule has 1 unspecified atom stereocenters. The Labute approximate surface area is 123 Å². The summed E-state index contributed by atoms with van der Waals surface area (Å²) in [5.74, 6) is 0. The number of halogens is 1. The van der Waals surface area contributed by atoms with Crippen molar-refractivity contribution in [2.45, 2.75) is 32.7 Å². The monoisotopic (exact) mass is 315 g/mol. The smallest absolute Gasteiger partial charge is 0.0519 e. The second-order valence-electron chi connectivity index (χ2n) is 5.40. The van der Waals surface area contributed by atoms with E-state index in [2.05, 4.69) is 71.5 Å². The maximum absolute atomic E-state index is 3.70. The highest BCUT2D eigenvalue weighted by molar-refractivity contribution is 9.10. The SMILES string of the molecule is Cc1ccc2c(c1)C(Nc1cc(Br)ccc1C)CC2. The molecule has 0 fully saturated rings. The lowest BCUT2D eigenvalue weighted by atomic mass is 10.0. The molecule has 0 saturated heterocycles. The van der Waals surface area contributed by atoms with Gasteiger partial charge in [-0.3, -0.25) is 0 Å². The van der Waals surface area contributed by atoms with E-state index in [-0.39, 0.29) is 0 Å². The Morgan fingerprint density at radius 2 is 1.95 bits per heavy atom. The summed E-state index contributed by atoms with van der Waals surface area (Å²) in [5, 5.41) is 3.70. The lowest BCUT2D eigenvalue weighted by molar-refractivity contribution is 0.761. The summed E-state index contributed by atoms with van der Waals surface area (Å²) in [7, 11) is 0. The van der Waals surface area contributed by atoms with Gasteiger partial charge in [0.15, 0.2) is 0 Å². The first-order chi connectivity index (χ1) is 9.13. The van der Waals surface area contributed by atoms with Crippen molar-refractivity contribution in [1.82, 2.24) is 0 Å². The van der Waals surface area contributed by atoms with E-state index in [0.717, 1.165) is 4.47 Å². The van der Waals surface area contributed by atoms with E-state index in [1.165, 1.54) is 40.8 Å². The van der Waals surface area contributed by atoms with Crippen LogP contribution in [0.2, 0.25) is 0 Å². The van der Waals surface area contributed by atoms with E-state index in [1.54, 1.807) is 0 Å². The molecule has 2 heteroatoms. The largest absolute Gasteiger partial charge is 0.378 e. The molecule has 2 aromatic carbocycles. The lowest BCUT2D eigenvalue weighted by Gasteiger charge is -2.18. The molecule has 0 amide bonds. The van der Waals surface area contributed by atoms with Crippen molar-refractivity contribution in [3.8, 4) is 0 Å². The van der Waals surface area contributed by atoms with E-state index in [9.17, 15) is 0 Å². The minimum atomic E-state index is 0.447. The first-order valence-electron chi connectivity index (χ1n) is 6.75. The zero-order chi connectivity index (χ0) is 13.4. The zero-order valence-electron chi connectivity index (χ0n) is 11.3. The fourth-order valence-corrected chi connectivity index (χ4v) is 3.17. The number of rotatable bonds is 2.